The highest BCUT2D eigenvalue weighted by Crippen LogP contribution is 2.38. The van der Waals surface area contributed by atoms with Crippen LogP contribution in [-0.2, 0) is 6.42 Å². The van der Waals surface area contributed by atoms with Crippen LogP contribution in [0.25, 0.3) is 5.69 Å². The molecule has 3 heterocycles. The average Bonchev–Trinajstić information content (AvgIpc) is 3.17. The minimum absolute atomic E-state index is 0.00256. The van der Waals surface area contributed by atoms with E-state index in [1.807, 2.05) is 19.3 Å². The first kappa shape index (κ1) is 15.6. The Morgan fingerprint density at radius 3 is 3.12 bits per heavy atom. The molecule has 0 aliphatic carbocycles. The maximum Gasteiger partial charge on any atom is 0.332 e. The van der Waals surface area contributed by atoms with Gasteiger partial charge in [-0.1, -0.05) is 6.07 Å². The van der Waals surface area contributed by atoms with Gasteiger partial charge in [-0.3, -0.25) is 19.6 Å². The SMILES string of the molecule is CN1NC2N=CCC2c2c1[nH]c(=O)n2-c1cccc(F)c1CCC#N. The molecule has 1 aromatic carbocycles. The van der Waals surface area contributed by atoms with E-state index < -0.39 is 5.82 Å². The Hall–Kier alpha value is -2.92. The van der Waals surface area contributed by atoms with E-state index in [1.54, 1.807) is 17.1 Å². The van der Waals surface area contributed by atoms with Gasteiger partial charge in [0.1, 0.15) is 17.8 Å². The van der Waals surface area contributed by atoms with Crippen molar-refractivity contribution in [1.82, 2.24) is 15.0 Å². The lowest BCUT2D eigenvalue weighted by atomic mass is 9.98. The molecule has 1 aromatic heterocycles. The van der Waals surface area contributed by atoms with Crippen molar-refractivity contribution in [2.45, 2.75) is 31.3 Å². The summed E-state index contributed by atoms with van der Waals surface area (Å²) in [6.45, 7) is 0. The van der Waals surface area contributed by atoms with Gasteiger partial charge >= 0.3 is 5.69 Å². The molecule has 2 aromatic rings. The van der Waals surface area contributed by atoms with Crippen LogP contribution in [0.2, 0.25) is 0 Å². The van der Waals surface area contributed by atoms with Gasteiger partial charge in [-0.2, -0.15) is 5.26 Å². The molecule has 7 nitrogen and oxygen atoms in total. The first-order valence-corrected chi connectivity index (χ1v) is 8.13. The Labute approximate surface area is 143 Å². The van der Waals surface area contributed by atoms with Gasteiger partial charge in [0.15, 0.2) is 0 Å². The fourth-order valence-electron chi connectivity index (χ4n) is 3.63. The molecule has 2 aliphatic heterocycles. The van der Waals surface area contributed by atoms with Crippen molar-refractivity contribution < 1.29 is 4.39 Å². The number of aliphatic imine (C=N–C) groups is 1. The molecule has 0 saturated heterocycles. The quantitative estimate of drug-likeness (QED) is 0.888. The summed E-state index contributed by atoms with van der Waals surface area (Å²) in [5.41, 5.74) is 4.55. The number of halogens is 1. The van der Waals surface area contributed by atoms with Crippen LogP contribution in [0.15, 0.2) is 28.0 Å². The van der Waals surface area contributed by atoms with E-state index in [-0.39, 0.29) is 30.6 Å². The third kappa shape index (κ3) is 2.36. The zero-order chi connectivity index (χ0) is 17.6. The summed E-state index contributed by atoms with van der Waals surface area (Å²) < 4.78 is 15.9. The molecule has 8 heteroatoms. The number of nitrogens with zero attached hydrogens (tertiary/aromatic N) is 4. The fraction of sp³-hybridized carbons (Fsp3) is 0.353. The summed E-state index contributed by atoms with van der Waals surface area (Å²) in [5, 5.41) is 10.6. The van der Waals surface area contributed by atoms with Gasteiger partial charge in [-0.25, -0.2) is 14.6 Å². The normalized spacial score (nSPS) is 21.1. The summed E-state index contributed by atoms with van der Waals surface area (Å²) in [6, 6.07) is 6.70. The predicted molar refractivity (Wildman–Crippen MR) is 91.5 cm³/mol. The topological polar surface area (TPSA) is 89.2 Å². The van der Waals surface area contributed by atoms with E-state index in [2.05, 4.69) is 15.4 Å². The number of benzene rings is 1. The van der Waals surface area contributed by atoms with E-state index in [0.717, 1.165) is 5.69 Å². The number of fused-ring (bicyclic) bond motifs is 3. The van der Waals surface area contributed by atoms with Crippen LogP contribution in [0.1, 0.15) is 30.0 Å². The standard InChI is InChI=1S/C17H17FN6O/c1-23-16-14(11-7-9-20-15(11)22-23)24(17(25)21-16)13-6-2-5-12(18)10(13)4-3-8-19/h2,5-6,9,11,15,22H,3-4,7H2,1H3,(H,21,25). The van der Waals surface area contributed by atoms with Crippen LogP contribution < -0.4 is 16.1 Å². The maximum atomic E-state index is 14.4. The number of imidazole rings is 1. The average molecular weight is 340 g/mol. The molecular weight excluding hydrogens is 323 g/mol. The molecule has 2 atom stereocenters. The van der Waals surface area contributed by atoms with Gasteiger partial charge in [0.05, 0.1) is 17.5 Å². The van der Waals surface area contributed by atoms with Gasteiger partial charge in [-0.05, 0) is 25.0 Å². The van der Waals surface area contributed by atoms with Crippen molar-refractivity contribution in [3.05, 3.63) is 45.8 Å². The van der Waals surface area contributed by atoms with E-state index in [4.69, 9.17) is 5.26 Å². The molecule has 0 fully saturated rings. The summed E-state index contributed by atoms with van der Waals surface area (Å²) in [4.78, 5) is 20.0. The molecule has 0 saturated carbocycles. The van der Waals surface area contributed by atoms with Crippen molar-refractivity contribution in [3.63, 3.8) is 0 Å². The highest BCUT2D eigenvalue weighted by atomic mass is 19.1. The fourth-order valence-corrected chi connectivity index (χ4v) is 3.63. The Kier molecular flexibility index (Phi) is 3.66. The van der Waals surface area contributed by atoms with Crippen LogP contribution in [-0.4, -0.2) is 29.0 Å². The first-order valence-electron chi connectivity index (χ1n) is 8.13. The molecule has 0 bridgehead atoms. The van der Waals surface area contributed by atoms with Crippen LogP contribution in [0.5, 0.6) is 0 Å². The number of aromatic nitrogens is 2. The van der Waals surface area contributed by atoms with E-state index in [9.17, 15) is 9.18 Å². The number of aromatic amines is 1. The summed E-state index contributed by atoms with van der Waals surface area (Å²) >= 11 is 0. The van der Waals surface area contributed by atoms with Crippen LogP contribution >= 0.6 is 0 Å². The second-order valence-corrected chi connectivity index (χ2v) is 6.20. The second kappa shape index (κ2) is 5.86. The second-order valence-electron chi connectivity index (χ2n) is 6.20. The summed E-state index contributed by atoms with van der Waals surface area (Å²) in [6.07, 6.45) is 2.85. The molecule has 128 valence electrons. The van der Waals surface area contributed by atoms with Gasteiger partial charge in [0, 0.05) is 31.2 Å². The zero-order valence-electron chi connectivity index (χ0n) is 13.7. The number of hydrogen-bond donors (Lipinski definition) is 2. The number of H-pyrrole nitrogens is 1. The molecular formula is C17H17FN6O. The third-order valence-electron chi connectivity index (χ3n) is 4.75. The highest BCUT2D eigenvalue weighted by molar-refractivity contribution is 5.66. The Morgan fingerprint density at radius 1 is 1.48 bits per heavy atom. The first-order chi connectivity index (χ1) is 12.1. The van der Waals surface area contributed by atoms with Crippen molar-refractivity contribution >= 4 is 12.0 Å². The number of hydrazine groups is 1. The van der Waals surface area contributed by atoms with Crippen LogP contribution in [0.3, 0.4) is 0 Å². The Bertz CT molecular complexity index is 953. The number of hydrogen-bond acceptors (Lipinski definition) is 5. The van der Waals surface area contributed by atoms with Crippen molar-refractivity contribution in [2.24, 2.45) is 4.99 Å². The van der Waals surface area contributed by atoms with Crippen molar-refractivity contribution in [2.75, 3.05) is 12.1 Å². The Balaban J connectivity index is 1.93. The smallest absolute Gasteiger partial charge is 0.293 e. The van der Waals surface area contributed by atoms with Crippen LogP contribution in [0, 0.1) is 17.1 Å². The lowest BCUT2D eigenvalue weighted by molar-refractivity contribution is 0.434. The molecule has 2 aliphatic rings. The monoisotopic (exact) mass is 340 g/mol. The highest BCUT2D eigenvalue weighted by Gasteiger charge is 2.38. The molecule has 0 spiro atoms. The molecule has 2 unspecified atom stereocenters. The number of nitrogens with one attached hydrogen (secondary N) is 2. The largest absolute Gasteiger partial charge is 0.332 e. The predicted octanol–water partition coefficient (Wildman–Crippen LogP) is 1.60. The van der Waals surface area contributed by atoms with E-state index in [1.165, 1.54) is 10.6 Å². The van der Waals surface area contributed by atoms with E-state index >= 15 is 0 Å². The summed E-state index contributed by atoms with van der Waals surface area (Å²) in [5.74, 6) is 0.251. The molecule has 0 amide bonds. The lowest BCUT2D eigenvalue weighted by Crippen LogP contribution is -2.48. The van der Waals surface area contributed by atoms with Crippen molar-refractivity contribution in [3.8, 4) is 11.8 Å². The molecule has 2 N–H and O–H groups in total. The lowest BCUT2D eigenvalue weighted by Gasteiger charge is -2.33. The van der Waals surface area contributed by atoms with Gasteiger partial charge in [-0.15, -0.1) is 0 Å². The maximum absolute atomic E-state index is 14.4. The van der Waals surface area contributed by atoms with Gasteiger partial charge < -0.3 is 0 Å². The van der Waals surface area contributed by atoms with Gasteiger partial charge in [0.25, 0.3) is 0 Å². The molecule has 4 rings (SSSR count). The van der Waals surface area contributed by atoms with E-state index in [0.29, 0.717) is 23.5 Å². The minimum atomic E-state index is -0.406. The number of nitriles is 1. The minimum Gasteiger partial charge on any atom is -0.293 e. The number of rotatable bonds is 3. The third-order valence-corrected chi connectivity index (χ3v) is 4.75. The summed E-state index contributed by atoms with van der Waals surface area (Å²) in [7, 11) is 1.81. The van der Waals surface area contributed by atoms with Crippen molar-refractivity contribution in [1.29, 1.82) is 5.26 Å². The number of anilines is 1. The molecule has 0 radical (unpaired) electrons. The van der Waals surface area contributed by atoms with Gasteiger partial charge in [0.2, 0.25) is 0 Å². The Morgan fingerprint density at radius 2 is 2.32 bits per heavy atom. The molecule has 25 heavy (non-hydrogen) atoms. The zero-order valence-corrected chi connectivity index (χ0v) is 13.7. The van der Waals surface area contributed by atoms with Crippen LogP contribution in [0.4, 0.5) is 10.2 Å².